The van der Waals surface area contributed by atoms with Crippen LogP contribution in [0, 0.1) is 5.92 Å². The molecule has 1 aromatic rings. The van der Waals surface area contributed by atoms with E-state index >= 15 is 0 Å². The topological polar surface area (TPSA) is 89.4 Å². The first kappa shape index (κ1) is 20.2. The summed E-state index contributed by atoms with van der Waals surface area (Å²) in [5.74, 6) is 2.16. The summed E-state index contributed by atoms with van der Waals surface area (Å²) in [5, 5.41) is 11.2. The number of rotatable bonds is 5. The molecule has 0 aromatic carbocycles. The predicted molar refractivity (Wildman–Crippen MR) is 97.4 cm³/mol. The van der Waals surface area contributed by atoms with Crippen LogP contribution in [0.2, 0.25) is 0 Å². The van der Waals surface area contributed by atoms with E-state index in [1.807, 2.05) is 6.92 Å². The van der Waals surface area contributed by atoms with Crippen molar-refractivity contribution in [3.63, 3.8) is 0 Å². The summed E-state index contributed by atoms with van der Waals surface area (Å²) in [4.78, 5) is 26.5. The zero-order valence-electron chi connectivity index (χ0n) is 16.7. The maximum atomic E-state index is 12.8. The van der Waals surface area contributed by atoms with Gasteiger partial charge in [0.1, 0.15) is 17.5 Å². The van der Waals surface area contributed by atoms with Gasteiger partial charge in [0, 0.05) is 19.5 Å². The zero-order valence-corrected chi connectivity index (χ0v) is 16.7. The van der Waals surface area contributed by atoms with Gasteiger partial charge in [-0.05, 0) is 33.1 Å². The van der Waals surface area contributed by atoms with Gasteiger partial charge in [0.25, 0.3) is 0 Å². The Hall–Kier alpha value is -2.12. The Balaban J connectivity index is 2.01. The van der Waals surface area contributed by atoms with Crippen molar-refractivity contribution in [1.82, 2.24) is 25.0 Å². The average molecular weight is 365 g/mol. The van der Waals surface area contributed by atoms with E-state index in [4.69, 9.17) is 4.74 Å². The largest absolute Gasteiger partial charge is 0.444 e. The Bertz CT molecular complexity index is 648. The first-order valence-electron chi connectivity index (χ1n) is 9.30. The van der Waals surface area contributed by atoms with E-state index in [-0.39, 0.29) is 5.91 Å². The number of nitrogens with zero attached hydrogens (tertiary/aromatic N) is 4. The average Bonchev–Trinajstić information content (AvgIpc) is 2.91. The van der Waals surface area contributed by atoms with Crippen LogP contribution in [0.1, 0.15) is 59.6 Å². The third-order valence-electron chi connectivity index (χ3n) is 4.13. The van der Waals surface area contributed by atoms with Crippen LogP contribution in [0.15, 0.2) is 0 Å². The van der Waals surface area contributed by atoms with Gasteiger partial charge in [-0.3, -0.25) is 4.79 Å². The molecule has 1 unspecified atom stereocenters. The van der Waals surface area contributed by atoms with Gasteiger partial charge in [0.2, 0.25) is 5.91 Å². The molecule has 1 atom stereocenters. The molecule has 1 aromatic heterocycles. The second-order valence-electron chi connectivity index (χ2n) is 8.15. The highest BCUT2D eigenvalue weighted by Crippen LogP contribution is 2.16. The van der Waals surface area contributed by atoms with Gasteiger partial charge in [-0.1, -0.05) is 20.8 Å². The van der Waals surface area contributed by atoms with Crippen LogP contribution in [0.25, 0.3) is 0 Å². The fourth-order valence-corrected chi connectivity index (χ4v) is 2.93. The molecule has 0 saturated heterocycles. The van der Waals surface area contributed by atoms with Gasteiger partial charge < -0.3 is 19.5 Å². The van der Waals surface area contributed by atoms with Crippen LogP contribution in [0.3, 0.4) is 0 Å². The lowest BCUT2D eigenvalue weighted by Gasteiger charge is -2.31. The number of nitrogens with one attached hydrogen (secondary N) is 1. The molecule has 2 heterocycles. The zero-order chi connectivity index (χ0) is 19.5. The van der Waals surface area contributed by atoms with Gasteiger partial charge in [-0.2, -0.15) is 0 Å². The Morgan fingerprint density at radius 3 is 2.50 bits per heavy atom. The van der Waals surface area contributed by atoms with Gasteiger partial charge in [0.15, 0.2) is 5.82 Å². The van der Waals surface area contributed by atoms with Crippen molar-refractivity contribution in [3.05, 3.63) is 11.6 Å². The molecule has 26 heavy (non-hydrogen) atoms. The van der Waals surface area contributed by atoms with Crippen LogP contribution in [-0.2, 0) is 29.0 Å². The fraction of sp³-hybridized carbons (Fsp3) is 0.778. The highest BCUT2D eigenvalue weighted by molar-refractivity contribution is 5.85. The quantitative estimate of drug-likeness (QED) is 0.863. The monoisotopic (exact) mass is 365 g/mol. The van der Waals surface area contributed by atoms with Crippen LogP contribution in [-0.4, -0.2) is 49.9 Å². The van der Waals surface area contributed by atoms with Crippen LogP contribution >= 0.6 is 0 Å². The molecule has 2 amide bonds. The number of carbonyl (C=O) groups excluding carboxylic acids is 2. The number of ether oxygens (including phenoxy) is 1. The minimum Gasteiger partial charge on any atom is -0.444 e. The van der Waals surface area contributed by atoms with Crippen molar-refractivity contribution in [2.45, 2.75) is 79.1 Å². The van der Waals surface area contributed by atoms with Crippen LogP contribution in [0.5, 0.6) is 0 Å². The molecule has 0 saturated carbocycles. The van der Waals surface area contributed by atoms with Crippen molar-refractivity contribution < 1.29 is 14.3 Å². The highest BCUT2D eigenvalue weighted by Gasteiger charge is 2.30. The van der Waals surface area contributed by atoms with E-state index in [9.17, 15) is 9.59 Å². The second kappa shape index (κ2) is 8.05. The lowest BCUT2D eigenvalue weighted by atomic mass is 10.1. The molecule has 0 fully saturated rings. The standard InChI is InChI=1S/C18H31N5O3/c1-7-13(19-17(25)26-18(4,5)6)16(24)22-8-9-23-14(10-12(2)3)20-21-15(23)11-22/h12-13H,7-11H2,1-6H3,(H,19,25). The molecule has 0 radical (unpaired) electrons. The summed E-state index contributed by atoms with van der Waals surface area (Å²) in [6.07, 6.45) is 0.801. The van der Waals surface area contributed by atoms with E-state index in [1.165, 1.54) is 0 Å². The lowest BCUT2D eigenvalue weighted by Crippen LogP contribution is -2.51. The lowest BCUT2D eigenvalue weighted by molar-refractivity contribution is -0.135. The summed E-state index contributed by atoms with van der Waals surface area (Å²) in [5.41, 5.74) is -0.597. The van der Waals surface area contributed by atoms with E-state index < -0.39 is 17.7 Å². The molecule has 0 bridgehead atoms. The number of fused-ring (bicyclic) bond motifs is 1. The number of alkyl carbamates (subject to hydrolysis) is 1. The SMILES string of the molecule is CCC(NC(=O)OC(C)(C)C)C(=O)N1CCn2c(CC(C)C)nnc2C1. The molecule has 1 aliphatic rings. The molecular weight excluding hydrogens is 334 g/mol. The maximum absolute atomic E-state index is 12.8. The summed E-state index contributed by atoms with van der Waals surface area (Å²) in [6.45, 7) is 13.2. The Labute approximate surface area is 155 Å². The minimum atomic E-state index is -0.602. The molecule has 1 aliphatic heterocycles. The van der Waals surface area contributed by atoms with E-state index in [2.05, 4.69) is 33.9 Å². The number of aromatic nitrogens is 3. The third-order valence-corrected chi connectivity index (χ3v) is 4.13. The summed E-state index contributed by atoms with van der Waals surface area (Å²) >= 11 is 0. The minimum absolute atomic E-state index is 0.113. The number of carbonyl (C=O) groups is 2. The van der Waals surface area contributed by atoms with Crippen molar-refractivity contribution in [2.24, 2.45) is 5.92 Å². The Morgan fingerprint density at radius 1 is 1.23 bits per heavy atom. The number of hydrogen-bond acceptors (Lipinski definition) is 5. The van der Waals surface area contributed by atoms with Crippen molar-refractivity contribution in [3.8, 4) is 0 Å². The smallest absolute Gasteiger partial charge is 0.408 e. The van der Waals surface area contributed by atoms with Gasteiger partial charge >= 0.3 is 6.09 Å². The Kier molecular flexibility index (Phi) is 6.26. The van der Waals surface area contributed by atoms with Crippen molar-refractivity contribution in [2.75, 3.05) is 6.54 Å². The molecule has 146 valence electrons. The Morgan fingerprint density at radius 2 is 1.92 bits per heavy atom. The summed E-state index contributed by atoms with van der Waals surface area (Å²) < 4.78 is 7.36. The first-order chi connectivity index (χ1) is 12.1. The third kappa shape index (κ3) is 5.19. The van der Waals surface area contributed by atoms with Gasteiger partial charge in [-0.25, -0.2) is 4.79 Å². The van der Waals surface area contributed by atoms with Crippen molar-refractivity contribution >= 4 is 12.0 Å². The highest BCUT2D eigenvalue weighted by atomic mass is 16.6. The predicted octanol–water partition coefficient (Wildman–Crippen LogP) is 2.12. The molecule has 0 aliphatic carbocycles. The van der Waals surface area contributed by atoms with Gasteiger partial charge in [0.05, 0.1) is 6.54 Å². The molecule has 2 rings (SSSR count). The van der Waals surface area contributed by atoms with Gasteiger partial charge in [-0.15, -0.1) is 10.2 Å². The van der Waals surface area contributed by atoms with Crippen LogP contribution < -0.4 is 5.32 Å². The van der Waals surface area contributed by atoms with Crippen LogP contribution in [0.4, 0.5) is 4.79 Å². The molecule has 1 N–H and O–H groups in total. The molecular formula is C18H31N5O3. The molecule has 8 nitrogen and oxygen atoms in total. The summed E-state index contributed by atoms with van der Waals surface area (Å²) in [7, 11) is 0. The first-order valence-corrected chi connectivity index (χ1v) is 9.30. The second-order valence-corrected chi connectivity index (χ2v) is 8.15. The fourth-order valence-electron chi connectivity index (χ4n) is 2.93. The normalized spacial score (nSPS) is 15.6. The number of hydrogen-bond donors (Lipinski definition) is 1. The maximum Gasteiger partial charge on any atom is 0.408 e. The molecule has 0 spiro atoms. The van der Waals surface area contributed by atoms with E-state index in [1.54, 1.807) is 25.7 Å². The number of amides is 2. The van der Waals surface area contributed by atoms with E-state index in [0.717, 1.165) is 18.1 Å². The molecule has 8 heteroatoms. The van der Waals surface area contributed by atoms with E-state index in [0.29, 0.717) is 32.0 Å². The van der Waals surface area contributed by atoms with Crippen molar-refractivity contribution in [1.29, 1.82) is 0 Å². The summed E-state index contributed by atoms with van der Waals surface area (Å²) in [6, 6.07) is -0.602.